The summed E-state index contributed by atoms with van der Waals surface area (Å²) in [5.74, 6) is -0.259. The average molecular weight is 413 g/mol. The molecule has 0 aliphatic rings. The summed E-state index contributed by atoms with van der Waals surface area (Å²) in [6.07, 6.45) is 0. The zero-order chi connectivity index (χ0) is 20.8. The number of nitro benzene ring substituents is 1. The fourth-order valence-corrected chi connectivity index (χ4v) is 2.75. The van der Waals surface area contributed by atoms with Gasteiger partial charge in [-0.25, -0.2) is 0 Å². The standard InChI is InChI=1S/C21H17ClN2O5/c1-28-19-11-17(21(25)23-16-9-7-15(22)8-10-16)18(24(26)27)12-20(19)29-13-14-5-3-2-4-6-14/h2-12H,13H2,1H3,(H,23,25). The lowest BCUT2D eigenvalue weighted by atomic mass is 10.1. The van der Waals surface area contributed by atoms with Crippen molar-refractivity contribution in [3.05, 3.63) is 93.0 Å². The number of hydrogen-bond acceptors (Lipinski definition) is 5. The molecule has 0 aromatic heterocycles. The number of nitrogens with one attached hydrogen (secondary N) is 1. The number of amides is 1. The Morgan fingerprint density at radius 3 is 2.38 bits per heavy atom. The van der Waals surface area contributed by atoms with Crippen LogP contribution in [0.5, 0.6) is 11.5 Å². The van der Waals surface area contributed by atoms with E-state index in [1.807, 2.05) is 30.3 Å². The van der Waals surface area contributed by atoms with Gasteiger partial charge in [0.25, 0.3) is 11.6 Å². The van der Waals surface area contributed by atoms with Crippen molar-refractivity contribution in [1.82, 2.24) is 0 Å². The summed E-state index contributed by atoms with van der Waals surface area (Å²) in [6.45, 7) is 0.199. The van der Waals surface area contributed by atoms with E-state index in [0.29, 0.717) is 10.7 Å². The normalized spacial score (nSPS) is 10.3. The van der Waals surface area contributed by atoms with Crippen molar-refractivity contribution in [3.8, 4) is 11.5 Å². The number of carbonyl (C=O) groups is 1. The molecule has 3 aromatic rings. The molecule has 0 heterocycles. The highest BCUT2D eigenvalue weighted by Crippen LogP contribution is 2.35. The quantitative estimate of drug-likeness (QED) is 0.431. The third-order valence-corrected chi connectivity index (χ3v) is 4.31. The van der Waals surface area contributed by atoms with E-state index in [1.54, 1.807) is 24.3 Å². The van der Waals surface area contributed by atoms with Crippen molar-refractivity contribution in [2.75, 3.05) is 12.4 Å². The van der Waals surface area contributed by atoms with Crippen molar-refractivity contribution >= 4 is 28.9 Å². The molecular weight excluding hydrogens is 396 g/mol. The zero-order valence-electron chi connectivity index (χ0n) is 15.4. The third-order valence-electron chi connectivity index (χ3n) is 4.06. The first-order valence-electron chi connectivity index (χ1n) is 8.58. The molecule has 0 fully saturated rings. The minimum absolute atomic E-state index is 0.145. The van der Waals surface area contributed by atoms with Crippen LogP contribution in [-0.2, 0) is 6.61 Å². The first-order valence-corrected chi connectivity index (χ1v) is 8.96. The first kappa shape index (κ1) is 20.2. The largest absolute Gasteiger partial charge is 0.493 e. The van der Waals surface area contributed by atoms with Gasteiger partial charge in [-0.15, -0.1) is 0 Å². The van der Waals surface area contributed by atoms with Crippen molar-refractivity contribution in [1.29, 1.82) is 0 Å². The number of benzene rings is 3. The van der Waals surface area contributed by atoms with E-state index in [4.69, 9.17) is 21.1 Å². The van der Waals surface area contributed by atoms with Crippen molar-refractivity contribution in [3.63, 3.8) is 0 Å². The number of anilines is 1. The van der Waals surface area contributed by atoms with Crippen LogP contribution in [0.25, 0.3) is 0 Å². The second-order valence-corrected chi connectivity index (χ2v) is 6.45. The van der Waals surface area contributed by atoms with Crippen LogP contribution >= 0.6 is 11.6 Å². The van der Waals surface area contributed by atoms with E-state index >= 15 is 0 Å². The molecule has 0 unspecified atom stereocenters. The smallest absolute Gasteiger partial charge is 0.286 e. The van der Waals surface area contributed by atoms with Crippen LogP contribution in [0.3, 0.4) is 0 Å². The fourth-order valence-electron chi connectivity index (χ4n) is 2.62. The van der Waals surface area contributed by atoms with Gasteiger partial charge >= 0.3 is 0 Å². The number of rotatable bonds is 7. The molecule has 7 nitrogen and oxygen atoms in total. The molecule has 3 aromatic carbocycles. The molecule has 0 spiro atoms. The average Bonchev–Trinajstić information content (AvgIpc) is 2.73. The SMILES string of the molecule is COc1cc(C(=O)Nc2ccc(Cl)cc2)c([N+](=O)[O-])cc1OCc1ccccc1. The van der Waals surface area contributed by atoms with Gasteiger partial charge in [0.1, 0.15) is 12.2 Å². The van der Waals surface area contributed by atoms with Gasteiger partial charge in [0.15, 0.2) is 11.5 Å². The zero-order valence-corrected chi connectivity index (χ0v) is 16.2. The Balaban J connectivity index is 1.89. The molecule has 0 atom stereocenters. The summed E-state index contributed by atoms with van der Waals surface area (Å²) >= 11 is 5.83. The Bertz CT molecular complexity index is 1020. The summed E-state index contributed by atoms with van der Waals surface area (Å²) in [4.78, 5) is 23.6. The second kappa shape index (κ2) is 9.07. The lowest BCUT2D eigenvalue weighted by Gasteiger charge is -2.13. The molecule has 0 saturated heterocycles. The number of ether oxygens (including phenoxy) is 2. The highest BCUT2D eigenvalue weighted by molar-refractivity contribution is 6.30. The monoisotopic (exact) mass is 412 g/mol. The molecule has 1 amide bonds. The summed E-state index contributed by atoms with van der Waals surface area (Å²) in [5.41, 5.74) is 0.813. The predicted octanol–water partition coefficient (Wildman–Crippen LogP) is 5.09. The van der Waals surface area contributed by atoms with E-state index in [0.717, 1.165) is 5.56 Å². The van der Waals surface area contributed by atoms with Crippen LogP contribution in [-0.4, -0.2) is 17.9 Å². The van der Waals surface area contributed by atoms with Gasteiger partial charge in [0.2, 0.25) is 0 Å². The maximum atomic E-state index is 12.6. The van der Waals surface area contributed by atoms with E-state index in [-0.39, 0.29) is 29.4 Å². The molecule has 0 radical (unpaired) electrons. The molecule has 29 heavy (non-hydrogen) atoms. The number of nitro groups is 1. The van der Waals surface area contributed by atoms with Crippen molar-refractivity contribution in [2.24, 2.45) is 0 Å². The van der Waals surface area contributed by atoms with E-state index in [2.05, 4.69) is 5.32 Å². The molecule has 148 valence electrons. The van der Waals surface area contributed by atoms with Crippen molar-refractivity contribution < 1.29 is 19.2 Å². The summed E-state index contributed by atoms with van der Waals surface area (Å²) in [6, 6.07) is 18.2. The molecular formula is C21H17ClN2O5. The summed E-state index contributed by atoms with van der Waals surface area (Å²) < 4.78 is 11.0. The molecule has 3 rings (SSSR count). The Labute approximate surface area is 172 Å². The Kier molecular flexibility index (Phi) is 6.31. The van der Waals surface area contributed by atoms with Crippen LogP contribution in [0.4, 0.5) is 11.4 Å². The van der Waals surface area contributed by atoms with Gasteiger partial charge in [-0.2, -0.15) is 0 Å². The molecule has 0 aliphatic carbocycles. The topological polar surface area (TPSA) is 90.7 Å². The van der Waals surface area contributed by atoms with E-state index in [1.165, 1.54) is 19.2 Å². The van der Waals surface area contributed by atoms with Crippen LogP contribution in [0.15, 0.2) is 66.7 Å². The van der Waals surface area contributed by atoms with E-state index in [9.17, 15) is 14.9 Å². The van der Waals surface area contributed by atoms with Gasteiger partial charge in [-0.1, -0.05) is 41.9 Å². The van der Waals surface area contributed by atoms with Crippen LogP contribution < -0.4 is 14.8 Å². The lowest BCUT2D eigenvalue weighted by Crippen LogP contribution is -2.14. The highest BCUT2D eigenvalue weighted by atomic mass is 35.5. The lowest BCUT2D eigenvalue weighted by molar-refractivity contribution is -0.385. The van der Waals surface area contributed by atoms with E-state index < -0.39 is 10.8 Å². The molecule has 0 aliphatic heterocycles. The highest BCUT2D eigenvalue weighted by Gasteiger charge is 2.25. The summed E-state index contributed by atoms with van der Waals surface area (Å²) in [7, 11) is 1.40. The van der Waals surface area contributed by atoms with Gasteiger partial charge < -0.3 is 14.8 Å². The molecule has 0 bridgehead atoms. The summed E-state index contributed by atoms with van der Waals surface area (Å²) in [5, 5.41) is 14.7. The third kappa shape index (κ3) is 5.03. The maximum absolute atomic E-state index is 12.6. The fraction of sp³-hybridized carbons (Fsp3) is 0.0952. The molecule has 0 saturated carbocycles. The Hall–Kier alpha value is -3.58. The number of hydrogen-bond donors (Lipinski definition) is 1. The van der Waals surface area contributed by atoms with Gasteiger partial charge in [-0.3, -0.25) is 14.9 Å². The van der Waals surface area contributed by atoms with Gasteiger partial charge in [0, 0.05) is 16.8 Å². The number of methoxy groups -OCH3 is 1. The number of halogens is 1. The van der Waals surface area contributed by atoms with Crippen LogP contribution in [0, 0.1) is 10.1 Å². The molecule has 1 N–H and O–H groups in total. The number of nitrogens with zero attached hydrogens (tertiary/aromatic N) is 1. The minimum Gasteiger partial charge on any atom is -0.493 e. The van der Waals surface area contributed by atoms with Gasteiger partial charge in [-0.05, 0) is 29.8 Å². The first-order chi connectivity index (χ1) is 14.0. The Morgan fingerprint density at radius 1 is 1.07 bits per heavy atom. The predicted molar refractivity (Wildman–Crippen MR) is 110 cm³/mol. The number of carbonyl (C=O) groups excluding carboxylic acids is 1. The van der Waals surface area contributed by atoms with Crippen LogP contribution in [0.2, 0.25) is 5.02 Å². The minimum atomic E-state index is -0.646. The van der Waals surface area contributed by atoms with Crippen LogP contribution in [0.1, 0.15) is 15.9 Å². The Morgan fingerprint density at radius 2 is 1.76 bits per heavy atom. The maximum Gasteiger partial charge on any atom is 0.286 e. The van der Waals surface area contributed by atoms with Crippen molar-refractivity contribution in [2.45, 2.75) is 6.61 Å². The second-order valence-electron chi connectivity index (χ2n) is 6.01. The molecule has 8 heteroatoms. The van der Waals surface area contributed by atoms with Gasteiger partial charge in [0.05, 0.1) is 18.1 Å².